The number of amidine groups is 1. The maximum Gasteiger partial charge on any atom is 0.416 e. The second-order valence-corrected chi connectivity index (χ2v) is 4.44. The minimum atomic E-state index is -4.31. The van der Waals surface area contributed by atoms with Gasteiger partial charge in [-0.25, -0.2) is 0 Å². The fourth-order valence-electron chi connectivity index (χ4n) is 1.97. The maximum atomic E-state index is 12.7. The Kier molecular flexibility index (Phi) is 3.59. The molecule has 98 valence electrons. The van der Waals surface area contributed by atoms with Crippen LogP contribution in [-0.2, 0) is 6.18 Å². The van der Waals surface area contributed by atoms with E-state index in [0.29, 0.717) is 5.69 Å². The number of hydrogen-bond donors (Lipinski definition) is 1. The first kappa shape index (κ1) is 12.9. The van der Waals surface area contributed by atoms with Crippen LogP contribution in [0.3, 0.4) is 0 Å². The second kappa shape index (κ2) is 5.00. The van der Waals surface area contributed by atoms with Gasteiger partial charge in [0.25, 0.3) is 0 Å². The number of nitrogens with one attached hydrogen (secondary N) is 1. The fraction of sp³-hybridized carbons (Fsp3) is 0.462. The Bertz CT molecular complexity index is 464. The van der Waals surface area contributed by atoms with E-state index in [0.717, 1.165) is 37.7 Å². The van der Waals surface area contributed by atoms with Crippen LogP contribution in [0.5, 0.6) is 0 Å². The molecule has 2 nitrogen and oxygen atoms in total. The van der Waals surface area contributed by atoms with Gasteiger partial charge in [0.2, 0.25) is 0 Å². The van der Waals surface area contributed by atoms with E-state index in [1.54, 1.807) is 6.07 Å². The molecular formula is C13H15F3N2. The SMILES string of the molecule is Cc1ccc(NC2=NCCCC2)cc1C(F)(F)F. The van der Waals surface area contributed by atoms with Crippen molar-refractivity contribution < 1.29 is 13.2 Å². The highest BCUT2D eigenvalue weighted by atomic mass is 19.4. The summed E-state index contributed by atoms with van der Waals surface area (Å²) in [5, 5.41) is 2.97. The summed E-state index contributed by atoms with van der Waals surface area (Å²) in [5.41, 5.74) is 0.0936. The van der Waals surface area contributed by atoms with Crippen LogP contribution in [0, 0.1) is 6.92 Å². The molecule has 18 heavy (non-hydrogen) atoms. The van der Waals surface area contributed by atoms with E-state index in [4.69, 9.17) is 0 Å². The number of alkyl halides is 3. The summed E-state index contributed by atoms with van der Waals surface area (Å²) < 4.78 is 38.2. The lowest BCUT2D eigenvalue weighted by Crippen LogP contribution is -2.17. The number of aliphatic imine (C=N–C) groups is 1. The molecule has 2 rings (SSSR count). The van der Waals surface area contributed by atoms with E-state index in [1.807, 2.05) is 0 Å². The number of benzene rings is 1. The summed E-state index contributed by atoms with van der Waals surface area (Å²) in [6.45, 7) is 2.21. The lowest BCUT2D eigenvalue weighted by Gasteiger charge is -2.16. The van der Waals surface area contributed by atoms with Gasteiger partial charge in [-0.15, -0.1) is 0 Å². The van der Waals surface area contributed by atoms with E-state index < -0.39 is 11.7 Å². The molecule has 0 spiro atoms. The number of anilines is 1. The number of nitrogens with zero attached hydrogens (tertiary/aromatic N) is 1. The topological polar surface area (TPSA) is 24.4 Å². The molecule has 0 atom stereocenters. The standard InChI is InChI=1S/C13H15F3N2/c1-9-5-6-10(8-11(9)13(14,15)16)18-12-4-2-3-7-17-12/h5-6,8H,2-4,7H2,1H3,(H,17,18). The van der Waals surface area contributed by atoms with Crippen molar-refractivity contribution >= 4 is 11.5 Å². The first-order valence-electron chi connectivity index (χ1n) is 5.95. The van der Waals surface area contributed by atoms with Gasteiger partial charge in [0.1, 0.15) is 5.84 Å². The molecule has 0 fully saturated rings. The Morgan fingerprint density at radius 1 is 1.22 bits per heavy atom. The molecule has 0 saturated carbocycles. The van der Waals surface area contributed by atoms with Crippen LogP contribution in [-0.4, -0.2) is 12.4 Å². The van der Waals surface area contributed by atoms with Crippen LogP contribution in [0.2, 0.25) is 0 Å². The van der Waals surface area contributed by atoms with Gasteiger partial charge in [-0.2, -0.15) is 13.2 Å². The summed E-state index contributed by atoms with van der Waals surface area (Å²) in [4.78, 5) is 4.26. The Morgan fingerprint density at radius 2 is 2.00 bits per heavy atom. The Balaban J connectivity index is 2.22. The largest absolute Gasteiger partial charge is 0.416 e. The summed E-state index contributed by atoms with van der Waals surface area (Å²) in [6, 6.07) is 4.28. The van der Waals surface area contributed by atoms with E-state index >= 15 is 0 Å². The second-order valence-electron chi connectivity index (χ2n) is 4.44. The molecule has 5 heteroatoms. The molecule has 0 amide bonds. The van der Waals surface area contributed by atoms with Crippen LogP contribution in [0.15, 0.2) is 23.2 Å². The molecule has 1 aliphatic heterocycles. The predicted molar refractivity (Wildman–Crippen MR) is 66.0 cm³/mol. The summed E-state index contributed by atoms with van der Waals surface area (Å²) in [7, 11) is 0. The molecule has 1 aromatic rings. The molecule has 0 saturated heterocycles. The zero-order valence-corrected chi connectivity index (χ0v) is 10.1. The average Bonchev–Trinajstić information content (AvgIpc) is 2.31. The van der Waals surface area contributed by atoms with Crippen molar-refractivity contribution in [1.29, 1.82) is 0 Å². The molecule has 0 radical (unpaired) electrons. The number of rotatable bonds is 1. The first-order valence-corrected chi connectivity index (χ1v) is 5.95. The predicted octanol–water partition coefficient (Wildman–Crippen LogP) is 4.01. The van der Waals surface area contributed by atoms with Gasteiger partial charge >= 0.3 is 6.18 Å². The summed E-state index contributed by atoms with van der Waals surface area (Å²) in [6.07, 6.45) is -1.43. The van der Waals surface area contributed by atoms with Crippen LogP contribution >= 0.6 is 0 Å². The van der Waals surface area contributed by atoms with Crippen LogP contribution in [0.4, 0.5) is 18.9 Å². The highest BCUT2D eigenvalue weighted by molar-refractivity contribution is 5.95. The smallest absolute Gasteiger partial charge is 0.344 e. The molecule has 0 aromatic heterocycles. The van der Waals surface area contributed by atoms with Gasteiger partial charge < -0.3 is 5.32 Å². The lowest BCUT2D eigenvalue weighted by molar-refractivity contribution is -0.138. The van der Waals surface area contributed by atoms with Gasteiger partial charge in [0.15, 0.2) is 0 Å². The van der Waals surface area contributed by atoms with Gasteiger partial charge in [0.05, 0.1) is 5.56 Å². The highest BCUT2D eigenvalue weighted by Crippen LogP contribution is 2.33. The van der Waals surface area contributed by atoms with Crippen LogP contribution < -0.4 is 5.32 Å². The average molecular weight is 256 g/mol. The monoisotopic (exact) mass is 256 g/mol. The first-order chi connectivity index (χ1) is 8.47. The number of aryl methyl sites for hydroxylation is 1. The zero-order chi connectivity index (χ0) is 13.2. The van der Waals surface area contributed by atoms with E-state index in [-0.39, 0.29) is 5.56 Å². The Hall–Kier alpha value is -1.52. The lowest BCUT2D eigenvalue weighted by atomic mass is 10.1. The molecule has 1 aliphatic rings. The van der Waals surface area contributed by atoms with Crippen molar-refractivity contribution in [3.8, 4) is 0 Å². The molecule has 1 heterocycles. The molecule has 0 unspecified atom stereocenters. The maximum absolute atomic E-state index is 12.7. The van der Waals surface area contributed by atoms with Gasteiger partial charge in [-0.05, 0) is 37.5 Å². The Morgan fingerprint density at radius 3 is 2.61 bits per heavy atom. The van der Waals surface area contributed by atoms with Crippen molar-refractivity contribution in [2.45, 2.75) is 32.4 Å². The molecule has 1 N–H and O–H groups in total. The third-order valence-corrected chi connectivity index (χ3v) is 2.96. The molecular weight excluding hydrogens is 241 g/mol. The van der Waals surface area contributed by atoms with Crippen molar-refractivity contribution in [3.05, 3.63) is 29.3 Å². The number of halogens is 3. The quantitative estimate of drug-likeness (QED) is 0.806. The molecule has 1 aromatic carbocycles. The Labute approximate surface area is 104 Å². The third-order valence-electron chi connectivity index (χ3n) is 2.96. The minimum absolute atomic E-state index is 0.235. The zero-order valence-electron chi connectivity index (χ0n) is 10.1. The van der Waals surface area contributed by atoms with E-state index in [1.165, 1.54) is 13.0 Å². The van der Waals surface area contributed by atoms with Gasteiger partial charge in [-0.3, -0.25) is 4.99 Å². The minimum Gasteiger partial charge on any atom is -0.344 e. The molecule has 0 aliphatic carbocycles. The van der Waals surface area contributed by atoms with Crippen molar-refractivity contribution in [2.75, 3.05) is 11.9 Å². The van der Waals surface area contributed by atoms with Gasteiger partial charge in [0, 0.05) is 18.7 Å². The van der Waals surface area contributed by atoms with Gasteiger partial charge in [-0.1, -0.05) is 6.07 Å². The van der Waals surface area contributed by atoms with E-state index in [9.17, 15) is 13.2 Å². The number of hydrogen-bond acceptors (Lipinski definition) is 2. The third kappa shape index (κ3) is 3.03. The van der Waals surface area contributed by atoms with E-state index in [2.05, 4.69) is 10.3 Å². The fourth-order valence-corrected chi connectivity index (χ4v) is 1.97. The van der Waals surface area contributed by atoms with Crippen LogP contribution in [0.25, 0.3) is 0 Å². The van der Waals surface area contributed by atoms with Crippen molar-refractivity contribution in [1.82, 2.24) is 0 Å². The van der Waals surface area contributed by atoms with Crippen LogP contribution in [0.1, 0.15) is 30.4 Å². The highest BCUT2D eigenvalue weighted by Gasteiger charge is 2.32. The summed E-state index contributed by atoms with van der Waals surface area (Å²) >= 11 is 0. The molecule has 0 bridgehead atoms. The normalized spacial score (nSPS) is 16.3. The van der Waals surface area contributed by atoms with Crippen molar-refractivity contribution in [3.63, 3.8) is 0 Å². The van der Waals surface area contributed by atoms with Crippen molar-refractivity contribution in [2.24, 2.45) is 4.99 Å². The summed E-state index contributed by atoms with van der Waals surface area (Å²) in [5.74, 6) is 0.776.